The molecule has 1 aromatic carbocycles. The maximum Gasteiger partial charge on any atom is 0.238 e. The molecule has 1 aliphatic rings. The third kappa shape index (κ3) is 5.04. The fraction of sp³-hybridized carbons (Fsp3) is 0.400. The van der Waals surface area contributed by atoms with Gasteiger partial charge in [0.25, 0.3) is 0 Å². The lowest BCUT2D eigenvalue weighted by atomic mass is 10.1. The van der Waals surface area contributed by atoms with Crippen LogP contribution in [0.1, 0.15) is 41.8 Å². The maximum absolute atomic E-state index is 12.6. The SMILES string of the molecule is CC(c1cccc(S(N)(=O)=O)c1)N(C)C(=O)CCC(=O)N1CCc2sccc2C1. The summed E-state index contributed by atoms with van der Waals surface area (Å²) in [6, 6.07) is 7.95. The van der Waals surface area contributed by atoms with Gasteiger partial charge in [-0.3, -0.25) is 9.59 Å². The molecule has 2 amide bonds. The number of benzene rings is 1. The Morgan fingerprint density at radius 2 is 2.03 bits per heavy atom. The molecule has 9 heteroatoms. The molecule has 0 aliphatic carbocycles. The molecule has 156 valence electrons. The van der Waals surface area contributed by atoms with Crippen LogP contribution in [-0.2, 0) is 32.6 Å². The fourth-order valence-electron chi connectivity index (χ4n) is 3.40. The molecule has 0 saturated carbocycles. The van der Waals surface area contributed by atoms with E-state index in [9.17, 15) is 18.0 Å². The van der Waals surface area contributed by atoms with Crippen LogP contribution in [0.25, 0.3) is 0 Å². The van der Waals surface area contributed by atoms with Crippen LogP contribution in [0.3, 0.4) is 0 Å². The first-order chi connectivity index (χ1) is 13.7. The average Bonchev–Trinajstić information content (AvgIpc) is 3.18. The molecule has 0 saturated heterocycles. The van der Waals surface area contributed by atoms with E-state index in [2.05, 4.69) is 6.07 Å². The van der Waals surface area contributed by atoms with E-state index in [4.69, 9.17) is 5.14 Å². The summed E-state index contributed by atoms with van der Waals surface area (Å²) in [5.41, 5.74) is 1.86. The third-order valence-corrected chi connectivity index (χ3v) is 7.29. The third-order valence-electron chi connectivity index (χ3n) is 5.36. The molecule has 7 nitrogen and oxygen atoms in total. The van der Waals surface area contributed by atoms with Gasteiger partial charge in [-0.15, -0.1) is 11.3 Å². The van der Waals surface area contributed by atoms with Gasteiger partial charge in [0, 0.05) is 37.9 Å². The molecule has 3 rings (SSSR count). The minimum Gasteiger partial charge on any atom is -0.339 e. The fourth-order valence-corrected chi connectivity index (χ4v) is 4.86. The average molecular weight is 436 g/mol. The van der Waals surface area contributed by atoms with Gasteiger partial charge in [-0.1, -0.05) is 12.1 Å². The lowest BCUT2D eigenvalue weighted by molar-refractivity contribution is -0.137. The van der Waals surface area contributed by atoms with Crippen LogP contribution >= 0.6 is 11.3 Å². The van der Waals surface area contributed by atoms with Crippen molar-refractivity contribution >= 4 is 33.2 Å². The summed E-state index contributed by atoms with van der Waals surface area (Å²) in [7, 11) is -2.16. The van der Waals surface area contributed by atoms with E-state index in [0.29, 0.717) is 18.7 Å². The minimum atomic E-state index is -3.81. The zero-order valence-corrected chi connectivity index (χ0v) is 18.1. The monoisotopic (exact) mass is 435 g/mol. The summed E-state index contributed by atoms with van der Waals surface area (Å²) in [5.74, 6) is -0.187. The zero-order valence-electron chi connectivity index (χ0n) is 16.5. The standard InChI is InChI=1S/C20H25N3O4S2/c1-14(15-4-3-5-17(12-15)29(21,26)27)22(2)19(24)6-7-20(25)23-10-8-18-16(13-23)9-11-28-18/h3-5,9,11-12,14H,6-8,10,13H2,1-2H3,(H2,21,26,27). The van der Waals surface area contributed by atoms with Gasteiger partial charge in [-0.05, 0) is 48.1 Å². The Morgan fingerprint density at radius 1 is 1.28 bits per heavy atom. The molecule has 0 bridgehead atoms. The first kappa shape index (κ1) is 21.5. The summed E-state index contributed by atoms with van der Waals surface area (Å²) in [6.07, 6.45) is 1.14. The van der Waals surface area contributed by atoms with Crippen molar-refractivity contribution in [1.29, 1.82) is 0 Å². The molecular formula is C20H25N3O4S2. The van der Waals surface area contributed by atoms with Crippen LogP contribution < -0.4 is 5.14 Å². The summed E-state index contributed by atoms with van der Waals surface area (Å²) in [4.78, 5) is 29.8. The highest BCUT2D eigenvalue weighted by atomic mass is 32.2. The normalized spacial score (nSPS) is 14.9. The number of nitrogens with zero attached hydrogens (tertiary/aromatic N) is 2. The number of sulfonamides is 1. The highest BCUT2D eigenvalue weighted by Crippen LogP contribution is 2.25. The number of nitrogens with two attached hydrogens (primary N) is 1. The molecule has 2 N–H and O–H groups in total. The van der Waals surface area contributed by atoms with Crippen molar-refractivity contribution in [2.75, 3.05) is 13.6 Å². The highest BCUT2D eigenvalue weighted by molar-refractivity contribution is 7.89. The zero-order chi connectivity index (χ0) is 21.2. The van der Waals surface area contributed by atoms with Crippen LogP contribution in [0.4, 0.5) is 0 Å². The molecule has 0 spiro atoms. The molecule has 2 aromatic rings. The molecule has 1 unspecified atom stereocenters. The lowest BCUT2D eigenvalue weighted by Crippen LogP contribution is -2.36. The van der Waals surface area contributed by atoms with E-state index in [0.717, 1.165) is 6.42 Å². The van der Waals surface area contributed by atoms with Crippen molar-refractivity contribution in [2.45, 2.75) is 43.7 Å². The Kier molecular flexibility index (Phi) is 6.40. The molecule has 29 heavy (non-hydrogen) atoms. The van der Waals surface area contributed by atoms with Crippen LogP contribution in [0.5, 0.6) is 0 Å². The van der Waals surface area contributed by atoms with Crippen LogP contribution in [0.2, 0.25) is 0 Å². The molecule has 1 aliphatic heterocycles. The van der Waals surface area contributed by atoms with Gasteiger partial charge in [0.2, 0.25) is 21.8 Å². The van der Waals surface area contributed by atoms with Gasteiger partial charge in [0.1, 0.15) is 0 Å². The number of fused-ring (bicyclic) bond motifs is 1. The maximum atomic E-state index is 12.6. The number of primary sulfonamides is 1. The topological polar surface area (TPSA) is 101 Å². The van der Waals surface area contributed by atoms with Crippen LogP contribution in [0.15, 0.2) is 40.6 Å². The van der Waals surface area contributed by atoms with Crippen molar-refractivity contribution in [3.63, 3.8) is 0 Å². The van der Waals surface area contributed by atoms with Crippen molar-refractivity contribution in [2.24, 2.45) is 5.14 Å². The van der Waals surface area contributed by atoms with Gasteiger partial charge >= 0.3 is 0 Å². The molecule has 0 radical (unpaired) electrons. The Labute approximate surface area is 175 Å². The summed E-state index contributed by atoms with van der Waals surface area (Å²) in [6.45, 7) is 3.11. The number of hydrogen-bond acceptors (Lipinski definition) is 5. The van der Waals surface area contributed by atoms with Crippen molar-refractivity contribution in [1.82, 2.24) is 9.80 Å². The van der Waals surface area contributed by atoms with Gasteiger partial charge in [-0.2, -0.15) is 0 Å². The lowest BCUT2D eigenvalue weighted by Gasteiger charge is -2.28. The quantitative estimate of drug-likeness (QED) is 0.752. The molecule has 1 aromatic heterocycles. The molecular weight excluding hydrogens is 410 g/mol. The number of carbonyl (C=O) groups excluding carboxylic acids is 2. The smallest absolute Gasteiger partial charge is 0.238 e. The Hall–Kier alpha value is -2.23. The number of carbonyl (C=O) groups is 2. The molecule has 0 fully saturated rings. The van der Waals surface area contributed by atoms with E-state index in [1.54, 1.807) is 35.4 Å². The number of thiophene rings is 1. The number of hydrogen-bond donors (Lipinski definition) is 1. The Bertz CT molecular complexity index is 1020. The summed E-state index contributed by atoms with van der Waals surface area (Å²) in [5, 5.41) is 7.23. The first-order valence-electron chi connectivity index (χ1n) is 9.38. The van der Waals surface area contributed by atoms with E-state index in [1.165, 1.54) is 27.5 Å². The van der Waals surface area contributed by atoms with Crippen molar-refractivity contribution in [3.8, 4) is 0 Å². The minimum absolute atomic E-state index is 0.00998. The van der Waals surface area contributed by atoms with Crippen molar-refractivity contribution < 1.29 is 18.0 Å². The number of rotatable bonds is 6. The van der Waals surface area contributed by atoms with E-state index in [-0.39, 0.29) is 35.6 Å². The second kappa shape index (κ2) is 8.64. The van der Waals surface area contributed by atoms with Gasteiger partial charge in [-0.25, -0.2) is 13.6 Å². The molecule has 1 atom stereocenters. The van der Waals surface area contributed by atoms with Crippen LogP contribution in [0, 0.1) is 0 Å². The Balaban J connectivity index is 1.57. The van der Waals surface area contributed by atoms with E-state index < -0.39 is 10.0 Å². The highest BCUT2D eigenvalue weighted by Gasteiger charge is 2.24. The van der Waals surface area contributed by atoms with E-state index >= 15 is 0 Å². The number of amides is 2. The first-order valence-corrected chi connectivity index (χ1v) is 11.8. The largest absolute Gasteiger partial charge is 0.339 e. The second-order valence-electron chi connectivity index (χ2n) is 7.23. The summed E-state index contributed by atoms with van der Waals surface area (Å²) < 4.78 is 23.1. The van der Waals surface area contributed by atoms with E-state index in [1.807, 2.05) is 12.3 Å². The predicted molar refractivity (Wildman–Crippen MR) is 112 cm³/mol. The predicted octanol–water partition coefficient (Wildman–Crippen LogP) is 2.28. The van der Waals surface area contributed by atoms with Gasteiger partial charge in [0.05, 0.1) is 10.9 Å². The summed E-state index contributed by atoms with van der Waals surface area (Å²) >= 11 is 1.72. The van der Waals surface area contributed by atoms with Gasteiger partial charge in [0.15, 0.2) is 0 Å². The van der Waals surface area contributed by atoms with Crippen LogP contribution in [-0.4, -0.2) is 43.6 Å². The second-order valence-corrected chi connectivity index (χ2v) is 9.79. The van der Waals surface area contributed by atoms with Crippen molar-refractivity contribution in [3.05, 3.63) is 51.7 Å². The Morgan fingerprint density at radius 3 is 2.76 bits per heavy atom. The molecule has 2 heterocycles. The van der Waals surface area contributed by atoms with Gasteiger partial charge < -0.3 is 9.80 Å².